The Kier molecular flexibility index (Phi) is 5.33. The Morgan fingerprint density at radius 3 is 2.14 bits per heavy atom. The van der Waals surface area contributed by atoms with Crippen molar-refractivity contribution in [3.63, 3.8) is 0 Å². The molecule has 0 aromatic heterocycles. The van der Waals surface area contributed by atoms with Crippen LogP contribution in [0.3, 0.4) is 0 Å². The molecule has 1 amide bonds. The van der Waals surface area contributed by atoms with E-state index in [2.05, 4.69) is 0 Å². The topological polar surface area (TPSA) is 76.2 Å². The summed E-state index contributed by atoms with van der Waals surface area (Å²) in [5.41, 5.74) is 1.04. The zero-order valence-electron chi connectivity index (χ0n) is 16.3. The van der Waals surface area contributed by atoms with Gasteiger partial charge in [-0.05, 0) is 36.4 Å². The Morgan fingerprint density at radius 2 is 1.55 bits per heavy atom. The van der Waals surface area contributed by atoms with E-state index in [9.17, 15) is 13.2 Å². The number of amides is 1. The maximum absolute atomic E-state index is 12.9. The molecule has 0 atom stereocenters. The van der Waals surface area contributed by atoms with E-state index in [4.69, 9.17) is 9.47 Å². The first kappa shape index (κ1) is 19.9. The van der Waals surface area contributed by atoms with E-state index in [1.54, 1.807) is 41.3 Å². The Hall–Kier alpha value is -2.42. The number of para-hydroxylation sites is 1. The van der Waals surface area contributed by atoms with Crippen molar-refractivity contribution >= 4 is 21.6 Å². The van der Waals surface area contributed by atoms with Gasteiger partial charge in [-0.1, -0.05) is 18.2 Å². The van der Waals surface area contributed by atoms with Gasteiger partial charge in [0, 0.05) is 38.5 Å². The summed E-state index contributed by atoms with van der Waals surface area (Å²) < 4.78 is 38.3. The molecule has 0 bridgehead atoms. The normalized spacial score (nSPS) is 18.7. The number of hydrogen-bond acceptors (Lipinski definition) is 5. The Balaban J connectivity index is 1.45. The number of benzene rings is 2. The number of anilines is 1. The molecule has 2 aliphatic heterocycles. The highest BCUT2D eigenvalue weighted by Crippen LogP contribution is 2.32. The van der Waals surface area contributed by atoms with Gasteiger partial charge < -0.3 is 14.4 Å². The first-order valence-corrected chi connectivity index (χ1v) is 11.1. The minimum atomic E-state index is -3.70. The van der Waals surface area contributed by atoms with Crippen molar-refractivity contribution in [3.8, 4) is 0 Å². The smallest absolute Gasteiger partial charge is 0.264 e. The number of piperidine rings is 1. The summed E-state index contributed by atoms with van der Waals surface area (Å²) >= 11 is 0. The minimum Gasteiger partial charge on any atom is -0.347 e. The van der Waals surface area contributed by atoms with Crippen molar-refractivity contribution in [2.75, 3.05) is 37.7 Å². The van der Waals surface area contributed by atoms with Crippen LogP contribution in [0.15, 0.2) is 59.5 Å². The van der Waals surface area contributed by atoms with Gasteiger partial charge in [0.1, 0.15) is 0 Å². The van der Waals surface area contributed by atoms with Crippen LogP contribution >= 0.6 is 0 Å². The Bertz CT molecular complexity index is 960. The molecule has 8 heteroatoms. The third-order valence-electron chi connectivity index (χ3n) is 5.51. The highest BCUT2D eigenvalue weighted by molar-refractivity contribution is 7.92. The van der Waals surface area contributed by atoms with Crippen LogP contribution in [-0.4, -0.2) is 58.4 Å². The standard InChI is InChI=1S/C21H24N2O5S/c1-22(18-5-3-2-4-6-18)29(25,26)19-9-7-17(8-10-19)20(24)23-13-11-21(12-14-23)27-15-16-28-21/h2-10H,11-16H2,1H3. The average Bonchev–Trinajstić information content (AvgIpc) is 3.22. The molecule has 29 heavy (non-hydrogen) atoms. The number of carbonyl (C=O) groups excluding carboxylic acids is 1. The second-order valence-corrected chi connectivity index (χ2v) is 9.20. The second kappa shape index (κ2) is 7.78. The van der Waals surface area contributed by atoms with Gasteiger partial charge in [0.05, 0.1) is 23.8 Å². The number of sulfonamides is 1. The van der Waals surface area contributed by atoms with E-state index in [0.717, 1.165) is 0 Å². The number of nitrogens with zero attached hydrogens (tertiary/aromatic N) is 2. The van der Waals surface area contributed by atoms with Gasteiger partial charge in [-0.15, -0.1) is 0 Å². The van der Waals surface area contributed by atoms with Crippen LogP contribution in [0.4, 0.5) is 5.69 Å². The summed E-state index contributed by atoms with van der Waals surface area (Å²) in [5.74, 6) is -0.644. The van der Waals surface area contributed by atoms with Crippen LogP contribution in [0.5, 0.6) is 0 Å². The first-order chi connectivity index (χ1) is 13.9. The van der Waals surface area contributed by atoms with E-state index >= 15 is 0 Å². The van der Waals surface area contributed by atoms with Gasteiger partial charge in [-0.25, -0.2) is 8.42 Å². The molecule has 0 radical (unpaired) electrons. The van der Waals surface area contributed by atoms with Gasteiger partial charge in [0.2, 0.25) is 0 Å². The fourth-order valence-corrected chi connectivity index (χ4v) is 4.92. The fourth-order valence-electron chi connectivity index (χ4n) is 3.72. The fraction of sp³-hybridized carbons (Fsp3) is 0.381. The summed E-state index contributed by atoms with van der Waals surface area (Å²) in [6, 6.07) is 15.0. The van der Waals surface area contributed by atoms with Gasteiger partial charge in [0.25, 0.3) is 15.9 Å². The molecule has 4 rings (SSSR count). The lowest BCUT2D eigenvalue weighted by molar-refractivity contribution is -0.181. The Morgan fingerprint density at radius 1 is 0.966 bits per heavy atom. The summed E-state index contributed by atoms with van der Waals surface area (Å²) in [5, 5.41) is 0. The largest absolute Gasteiger partial charge is 0.347 e. The molecular formula is C21H24N2O5S. The number of hydrogen-bond donors (Lipinski definition) is 0. The lowest BCUT2D eigenvalue weighted by Gasteiger charge is -2.37. The highest BCUT2D eigenvalue weighted by atomic mass is 32.2. The first-order valence-electron chi connectivity index (χ1n) is 9.63. The van der Waals surface area contributed by atoms with E-state index in [0.29, 0.717) is 50.4 Å². The zero-order valence-corrected chi connectivity index (χ0v) is 17.1. The van der Waals surface area contributed by atoms with Crippen LogP contribution in [0.1, 0.15) is 23.2 Å². The summed E-state index contributed by atoms with van der Waals surface area (Å²) in [6.45, 7) is 2.30. The third-order valence-corrected chi connectivity index (χ3v) is 7.31. The zero-order chi connectivity index (χ0) is 20.5. The van der Waals surface area contributed by atoms with Crippen LogP contribution in [-0.2, 0) is 19.5 Å². The van der Waals surface area contributed by atoms with E-state index < -0.39 is 15.8 Å². The van der Waals surface area contributed by atoms with E-state index in [1.807, 2.05) is 6.07 Å². The van der Waals surface area contributed by atoms with Crippen molar-refractivity contribution in [1.29, 1.82) is 0 Å². The Labute approximate surface area is 170 Å². The van der Waals surface area contributed by atoms with Gasteiger partial charge in [-0.3, -0.25) is 9.10 Å². The van der Waals surface area contributed by atoms with Gasteiger partial charge in [-0.2, -0.15) is 0 Å². The summed E-state index contributed by atoms with van der Waals surface area (Å²) in [7, 11) is -2.18. The monoisotopic (exact) mass is 416 g/mol. The second-order valence-electron chi connectivity index (χ2n) is 7.23. The highest BCUT2D eigenvalue weighted by Gasteiger charge is 2.40. The molecule has 0 saturated carbocycles. The van der Waals surface area contributed by atoms with Crippen molar-refractivity contribution < 1.29 is 22.7 Å². The SMILES string of the molecule is CN(c1ccccc1)S(=O)(=O)c1ccc(C(=O)N2CCC3(CC2)OCCO3)cc1. The number of likely N-dealkylation sites (tertiary alicyclic amines) is 1. The van der Waals surface area contributed by atoms with Crippen LogP contribution < -0.4 is 4.31 Å². The molecule has 2 saturated heterocycles. The molecule has 2 aromatic rings. The van der Waals surface area contributed by atoms with Crippen LogP contribution in [0.2, 0.25) is 0 Å². The quantitative estimate of drug-likeness (QED) is 0.765. The molecule has 1 spiro atoms. The molecule has 2 heterocycles. The molecule has 0 N–H and O–H groups in total. The molecule has 2 aromatic carbocycles. The molecular weight excluding hydrogens is 392 g/mol. The van der Waals surface area contributed by atoms with Crippen molar-refractivity contribution in [3.05, 3.63) is 60.2 Å². The average molecular weight is 416 g/mol. The number of rotatable bonds is 4. The van der Waals surface area contributed by atoms with E-state index in [1.165, 1.54) is 23.5 Å². The lowest BCUT2D eigenvalue weighted by Crippen LogP contribution is -2.47. The summed E-state index contributed by atoms with van der Waals surface area (Å²) in [6.07, 6.45) is 1.29. The maximum atomic E-state index is 12.9. The van der Waals surface area contributed by atoms with Crippen molar-refractivity contribution in [2.45, 2.75) is 23.5 Å². The molecule has 2 fully saturated rings. The van der Waals surface area contributed by atoms with E-state index in [-0.39, 0.29) is 10.8 Å². The number of ether oxygens (including phenoxy) is 2. The molecule has 7 nitrogen and oxygen atoms in total. The lowest BCUT2D eigenvalue weighted by atomic mass is 10.0. The maximum Gasteiger partial charge on any atom is 0.264 e. The molecule has 154 valence electrons. The predicted octanol–water partition coefficient (Wildman–Crippen LogP) is 2.49. The molecule has 0 unspecified atom stereocenters. The third kappa shape index (κ3) is 3.88. The number of carbonyl (C=O) groups is 1. The molecule has 0 aliphatic carbocycles. The summed E-state index contributed by atoms with van der Waals surface area (Å²) in [4.78, 5) is 14.7. The molecule has 2 aliphatic rings. The van der Waals surface area contributed by atoms with Crippen LogP contribution in [0, 0.1) is 0 Å². The van der Waals surface area contributed by atoms with Crippen molar-refractivity contribution in [1.82, 2.24) is 4.90 Å². The van der Waals surface area contributed by atoms with Gasteiger partial charge in [0.15, 0.2) is 5.79 Å². The predicted molar refractivity (Wildman–Crippen MR) is 108 cm³/mol. The van der Waals surface area contributed by atoms with Gasteiger partial charge >= 0.3 is 0 Å². The van der Waals surface area contributed by atoms with Crippen LogP contribution in [0.25, 0.3) is 0 Å². The minimum absolute atomic E-state index is 0.113. The van der Waals surface area contributed by atoms with Crippen molar-refractivity contribution in [2.24, 2.45) is 0 Å².